The third-order valence-electron chi connectivity index (χ3n) is 3.72. The molecule has 0 radical (unpaired) electrons. The normalized spacial score (nSPS) is 17.2. The van der Waals surface area contributed by atoms with Crippen LogP contribution in [0.15, 0.2) is 12.1 Å². The summed E-state index contributed by atoms with van der Waals surface area (Å²) in [6, 6.07) is 3.31. The van der Waals surface area contributed by atoms with Crippen LogP contribution in [-0.4, -0.2) is 13.1 Å². The number of rotatable bonds is 3. The monoisotopic (exact) mass is 362 g/mol. The molecule has 0 spiro atoms. The molecule has 2 rings (SSSR count). The van der Waals surface area contributed by atoms with Crippen LogP contribution in [0.25, 0.3) is 0 Å². The summed E-state index contributed by atoms with van der Waals surface area (Å²) >= 11 is 1.98. The summed E-state index contributed by atoms with van der Waals surface area (Å²) in [7, 11) is 0. The molecule has 1 saturated heterocycles. The highest BCUT2D eigenvalue weighted by atomic mass is 127. The summed E-state index contributed by atoms with van der Waals surface area (Å²) in [5.41, 5.74) is 7.55. The Hall–Kier alpha value is -0.520. The first-order chi connectivity index (χ1) is 8.61. The van der Waals surface area contributed by atoms with Gasteiger partial charge < -0.3 is 10.6 Å². The second-order valence-electron chi connectivity index (χ2n) is 5.04. The molecule has 1 aromatic rings. The van der Waals surface area contributed by atoms with Crippen LogP contribution in [0.5, 0.6) is 0 Å². The largest absolute Gasteiger partial charge is 0.397 e. The highest BCUT2D eigenvalue weighted by molar-refractivity contribution is 14.1. The van der Waals surface area contributed by atoms with Crippen molar-refractivity contribution in [2.75, 3.05) is 23.7 Å². The van der Waals surface area contributed by atoms with E-state index in [4.69, 9.17) is 5.73 Å². The van der Waals surface area contributed by atoms with Gasteiger partial charge in [0.1, 0.15) is 5.82 Å². The molecular formula is C14H20FIN2. The second kappa shape index (κ2) is 6.08. The Morgan fingerprint density at radius 1 is 1.39 bits per heavy atom. The number of anilines is 2. The van der Waals surface area contributed by atoms with Gasteiger partial charge in [-0.05, 0) is 47.4 Å². The number of nitrogen functional groups attached to an aromatic ring is 1. The van der Waals surface area contributed by atoms with E-state index in [1.165, 1.54) is 25.7 Å². The molecule has 1 aromatic carbocycles. The van der Waals surface area contributed by atoms with Crippen LogP contribution in [0.2, 0.25) is 0 Å². The average molecular weight is 362 g/mol. The number of hydrogen-bond acceptors (Lipinski definition) is 2. The molecule has 1 heterocycles. The summed E-state index contributed by atoms with van der Waals surface area (Å²) in [6.07, 6.45) is 4.96. The number of halogens is 2. The van der Waals surface area contributed by atoms with E-state index < -0.39 is 0 Å². The lowest BCUT2D eigenvalue weighted by atomic mass is 9.92. The maximum atomic E-state index is 13.6. The molecule has 0 aliphatic carbocycles. The Morgan fingerprint density at radius 2 is 2.06 bits per heavy atom. The first-order valence-electron chi connectivity index (χ1n) is 6.61. The molecule has 4 heteroatoms. The fourth-order valence-electron chi connectivity index (χ4n) is 2.70. The van der Waals surface area contributed by atoms with Gasteiger partial charge in [0.25, 0.3) is 0 Å². The fraction of sp³-hybridized carbons (Fsp3) is 0.571. The van der Waals surface area contributed by atoms with Gasteiger partial charge in [-0.3, -0.25) is 0 Å². The summed E-state index contributed by atoms with van der Waals surface area (Å²) < 4.78 is 14.2. The van der Waals surface area contributed by atoms with Crippen molar-refractivity contribution in [3.63, 3.8) is 0 Å². The highest BCUT2D eigenvalue weighted by Crippen LogP contribution is 2.31. The van der Waals surface area contributed by atoms with E-state index in [2.05, 4.69) is 11.8 Å². The van der Waals surface area contributed by atoms with E-state index in [9.17, 15) is 4.39 Å². The molecule has 0 atom stereocenters. The zero-order chi connectivity index (χ0) is 13.1. The Kier molecular flexibility index (Phi) is 4.70. The quantitative estimate of drug-likeness (QED) is 0.650. The van der Waals surface area contributed by atoms with Crippen molar-refractivity contribution >= 4 is 34.0 Å². The minimum Gasteiger partial charge on any atom is -0.397 e. The second-order valence-corrected chi connectivity index (χ2v) is 6.21. The van der Waals surface area contributed by atoms with Crippen molar-refractivity contribution in [1.29, 1.82) is 0 Å². The third kappa shape index (κ3) is 3.08. The van der Waals surface area contributed by atoms with Crippen LogP contribution in [-0.2, 0) is 0 Å². The molecule has 1 aliphatic heterocycles. The number of hydrogen-bond donors (Lipinski definition) is 1. The van der Waals surface area contributed by atoms with Crippen molar-refractivity contribution in [2.24, 2.45) is 5.92 Å². The molecule has 1 aliphatic rings. The highest BCUT2D eigenvalue weighted by Gasteiger charge is 2.20. The molecule has 2 nitrogen and oxygen atoms in total. The van der Waals surface area contributed by atoms with Crippen molar-refractivity contribution in [3.05, 3.63) is 21.5 Å². The van der Waals surface area contributed by atoms with Gasteiger partial charge in [-0.1, -0.05) is 19.8 Å². The van der Waals surface area contributed by atoms with Gasteiger partial charge in [-0.25, -0.2) is 4.39 Å². The van der Waals surface area contributed by atoms with Gasteiger partial charge >= 0.3 is 0 Å². The Bertz CT molecular complexity index is 415. The van der Waals surface area contributed by atoms with Crippen molar-refractivity contribution in [2.45, 2.75) is 32.6 Å². The predicted octanol–water partition coefficient (Wildman–Crippen LogP) is 4.03. The van der Waals surface area contributed by atoms with Crippen LogP contribution < -0.4 is 10.6 Å². The number of benzene rings is 1. The zero-order valence-corrected chi connectivity index (χ0v) is 12.9. The smallest absolute Gasteiger partial charge is 0.138 e. The fourth-order valence-corrected chi connectivity index (χ4v) is 3.19. The molecule has 18 heavy (non-hydrogen) atoms. The lowest BCUT2D eigenvalue weighted by molar-refractivity contribution is 0.378. The first-order valence-corrected chi connectivity index (χ1v) is 7.69. The summed E-state index contributed by atoms with van der Waals surface area (Å²) in [5.74, 6) is 0.664. The Morgan fingerprint density at radius 3 is 2.67 bits per heavy atom. The Labute approximate surface area is 122 Å². The number of nitrogens with zero attached hydrogens (tertiary/aromatic N) is 1. The molecule has 0 amide bonds. The van der Waals surface area contributed by atoms with Crippen LogP contribution >= 0.6 is 22.6 Å². The van der Waals surface area contributed by atoms with Crippen LogP contribution in [0.3, 0.4) is 0 Å². The number of piperidine rings is 1. The molecule has 0 unspecified atom stereocenters. The van der Waals surface area contributed by atoms with Crippen LogP contribution in [0.1, 0.15) is 32.6 Å². The average Bonchev–Trinajstić information content (AvgIpc) is 2.35. The standard InChI is InChI=1S/C14H20FIN2/c1-2-3-10-4-6-18(7-5-10)14-8-11(15)12(16)9-13(14)17/h8-10H,2-7,17H2,1H3. The Balaban J connectivity index is 2.07. The van der Waals surface area contributed by atoms with Crippen LogP contribution in [0.4, 0.5) is 15.8 Å². The van der Waals surface area contributed by atoms with Crippen molar-refractivity contribution in [1.82, 2.24) is 0 Å². The van der Waals surface area contributed by atoms with Crippen LogP contribution in [0, 0.1) is 15.3 Å². The maximum absolute atomic E-state index is 13.6. The van der Waals surface area contributed by atoms with Gasteiger partial charge in [0.05, 0.1) is 14.9 Å². The number of nitrogens with two attached hydrogens (primary N) is 1. The SMILES string of the molecule is CCCC1CCN(c2cc(F)c(I)cc2N)CC1. The predicted molar refractivity (Wildman–Crippen MR) is 83.4 cm³/mol. The lowest BCUT2D eigenvalue weighted by Gasteiger charge is -2.34. The van der Waals surface area contributed by atoms with Crippen molar-refractivity contribution < 1.29 is 4.39 Å². The molecule has 100 valence electrons. The zero-order valence-electron chi connectivity index (χ0n) is 10.8. The topological polar surface area (TPSA) is 29.3 Å². The van der Waals surface area contributed by atoms with E-state index in [1.807, 2.05) is 22.6 Å². The minimum atomic E-state index is -0.171. The van der Waals surface area contributed by atoms with Gasteiger partial charge in [0.15, 0.2) is 0 Å². The molecule has 0 aromatic heterocycles. The van der Waals surface area contributed by atoms with E-state index in [-0.39, 0.29) is 5.82 Å². The maximum Gasteiger partial charge on any atom is 0.138 e. The van der Waals surface area contributed by atoms with Gasteiger partial charge in [0.2, 0.25) is 0 Å². The van der Waals surface area contributed by atoms with E-state index in [0.29, 0.717) is 9.26 Å². The molecule has 1 fully saturated rings. The minimum absolute atomic E-state index is 0.171. The third-order valence-corrected chi connectivity index (χ3v) is 4.55. The summed E-state index contributed by atoms with van der Waals surface area (Å²) in [6.45, 7) is 4.22. The molecular weight excluding hydrogens is 342 g/mol. The summed E-state index contributed by atoms with van der Waals surface area (Å²) in [5, 5.41) is 0. The lowest BCUT2D eigenvalue weighted by Crippen LogP contribution is -2.34. The van der Waals surface area contributed by atoms with Gasteiger partial charge in [-0.2, -0.15) is 0 Å². The first kappa shape index (κ1) is 13.9. The molecule has 0 bridgehead atoms. The van der Waals surface area contributed by atoms with Crippen molar-refractivity contribution in [3.8, 4) is 0 Å². The van der Waals surface area contributed by atoms with Gasteiger partial charge in [-0.15, -0.1) is 0 Å². The van der Waals surface area contributed by atoms with E-state index >= 15 is 0 Å². The van der Waals surface area contributed by atoms with E-state index in [1.54, 1.807) is 12.1 Å². The van der Waals surface area contributed by atoms with E-state index in [0.717, 1.165) is 24.7 Å². The molecule has 2 N–H and O–H groups in total. The molecule has 0 saturated carbocycles. The summed E-state index contributed by atoms with van der Waals surface area (Å²) in [4.78, 5) is 2.22. The van der Waals surface area contributed by atoms with Gasteiger partial charge in [0, 0.05) is 19.2 Å².